The summed E-state index contributed by atoms with van der Waals surface area (Å²) in [4.78, 5) is 24.2. The first-order chi connectivity index (χ1) is 5.82. The molecule has 1 aromatic rings. The zero-order valence-corrected chi connectivity index (χ0v) is 8.34. The highest BCUT2D eigenvalue weighted by Crippen LogP contribution is 2.08. The van der Waals surface area contributed by atoms with Gasteiger partial charge in [0.25, 0.3) is 5.56 Å². The third kappa shape index (κ3) is 1.98. The molecule has 72 valence electrons. The van der Waals surface area contributed by atoms with E-state index in [0.29, 0.717) is 0 Å². The molecule has 5 nitrogen and oxygen atoms in total. The summed E-state index contributed by atoms with van der Waals surface area (Å²) in [6.45, 7) is 5.36. The SMILES string of the molecule is CC(C)(C)n1nc(Cl)c(=O)[nH]c1=O. The van der Waals surface area contributed by atoms with E-state index in [0.717, 1.165) is 4.68 Å². The Bertz CT molecular complexity index is 427. The van der Waals surface area contributed by atoms with Crippen molar-refractivity contribution in [2.24, 2.45) is 0 Å². The molecule has 0 amide bonds. The summed E-state index contributed by atoms with van der Waals surface area (Å²) in [5.41, 5.74) is -1.71. The molecule has 6 heteroatoms. The van der Waals surface area contributed by atoms with Crippen LogP contribution in [0.1, 0.15) is 20.8 Å². The Morgan fingerprint density at radius 2 is 1.92 bits per heavy atom. The lowest BCUT2D eigenvalue weighted by Gasteiger charge is -2.19. The molecule has 0 saturated heterocycles. The maximum absolute atomic E-state index is 11.2. The van der Waals surface area contributed by atoms with E-state index in [9.17, 15) is 9.59 Å². The number of nitrogens with zero attached hydrogens (tertiary/aromatic N) is 2. The summed E-state index contributed by atoms with van der Waals surface area (Å²) in [6, 6.07) is 0. The lowest BCUT2D eigenvalue weighted by atomic mass is 10.1. The van der Waals surface area contributed by atoms with Crippen LogP contribution in [0.25, 0.3) is 0 Å². The van der Waals surface area contributed by atoms with E-state index < -0.39 is 16.8 Å². The number of aromatic nitrogens is 3. The molecule has 0 fully saturated rings. The van der Waals surface area contributed by atoms with Crippen molar-refractivity contribution in [3.63, 3.8) is 0 Å². The summed E-state index contributed by atoms with van der Waals surface area (Å²) in [5, 5.41) is 3.44. The van der Waals surface area contributed by atoms with Gasteiger partial charge in [0.2, 0.25) is 5.15 Å². The fraction of sp³-hybridized carbons (Fsp3) is 0.571. The van der Waals surface area contributed by atoms with Crippen molar-refractivity contribution in [2.75, 3.05) is 0 Å². The average molecular weight is 204 g/mol. The van der Waals surface area contributed by atoms with E-state index >= 15 is 0 Å². The average Bonchev–Trinajstić information content (AvgIpc) is 1.94. The second-order valence-electron chi connectivity index (χ2n) is 3.63. The van der Waals surface area contributed by atoms with Gasteiger partial charge in [0, 0.05) is 0 Å². The largest absolute Gasteiger partial charge is 0.345 e. The highest BCUT2D eigenvalue weighted by Gasteiger charge is 2.17. The van der Waals surface area contributed by atoms with Gasteiger partial charge >= 0.3 is 5.69 Å². The Morgan fingerprint density at radius 1 is 1.38 bits per heavy atom. The van der Waals surface area contributed by atoms with Gasteiger partial charge in [-0.3, -0.25) is 9.78 Å². The van der Waals surface area contributed by atoms with Crippen LogP contribution in [0.3, 0.4) is 0 Å². The maximum atomic E-state index is 11.2. The van der Waals surface area contributed by atoms with Crippen LogP contribution in [0, 0.1) is 0 Å². The van der Waals surface area contributed by atoms with Gasteiger partial charge in [-0.2, -0.15) is 5.10 Å². The first kappa shape index (κ1) is 9.98. The molecule has 0 aliphatic heterocycles. The van der Waals surface area contributed by atoms with Crippen LogP contribution >= 0.6 is 11.6 Å². The van der Waals surface area contributed by atoms with Crippen LogP contribution in [-0.2, 0) is 5.54 Å². The molecule has 0 atom stereocenters. The second kappa shape index (κ2) is 2.99. The molecule has 1 rings (SSSR count). The lowest BCUT2D eigenvalue weighted by Crippen LogP contribution is -2.41. The molecule has 0 unspecified atom stereocenters. The minimum atomic E-state index is -0.660. The monoisotopic (exact) mass is 203 g/mol. The fourth-order valence-corrected chi connectivity index (χ4v) is 0.958. The van der Waals surface area contributed by atoms with Crippen molar-refractivity contribution < 1.29 is 0 Å². The Balaban J connectivity index is 3.51. The first-order valence-electron chi connectivity index (χ1n) is 3.72. The number of aromatic amines is 1. The van der Waals surface area contributed by atoms with Crippen LogP contribution in [0.5, 0.6) is 0 Å². The lowest BCUT2D eigenvalue weighted by molar-refractivity contribution is 0.329. The van der Waals surface area contributed by atoms with Gasteiger partial charge in [-0.1, -0.05) is 11.6 Å². The number of nitrogens with one attached hydrogen (secondary N) is 1. The number of rotatable bonds is 0. The van der Waals surface area contributed by atoms with Gasteiger partial charge in [0.1, 0.15) is 0 Å². The summed E-state index contributed by atoms with van der Waals surface area (Å²) in [7, 11) is 0. The highest BCUT2D eigenvalue weighted by molar-refractivity contribution is 6.29. The molecule has 0 saturated carbocycles. The quantitative estimate of drug-likeness (QED) is 0.661. The van der Waals surface area contributed by atoms with Gasteiger partial charge in [0.15, 0.2) is 0 Å². The van der Waals surface area contributed by atoms with E-state index in [1.807, 2.05) is 0 Å². The highest BCUT2D eigenvalue weighted by atomic mass is 35.5. The van der Waals surface area contributed by atoms with E-state index in [1.54, 1.807) is 20.8 Å². The van der Waals surface area contributed by atoms with Gasteiger partial charge in [-0.05, 0) is 20.8 Å². The summed E-state index contributed by atoms with van der Waals surface area (Å²) >= 11 is 5.48. The number of hydrogen-bond acceptors (Lipinski definition) is 3. The first-order valence-corrected chi connectivity index (χ1v) is 4.10. The van der Waals surface area contributed by atoms with E-state index in [2.05, 4.69) is 10.1 Å². The Hall–Kier alpha value is -1.10. The van der Waals surface area contributed by atoms with E-state index in [-0.39, 0.29) is 5.15 Å². The van der Waals surface area contributed by atoms with Crippen molar-refractivity contribution in [1.29, 1.82) is 0 Å². The van der Waals surface area contributed by atoms with Gasteiger partial charge < -0.3 is 0 Å². The molecule has 0 aromatic carbocycles. The van der Waals surface area contributed by atoms with Crippen LogP contribution in [-0.4, -0.2) is 14.8 Å². The van der Waals surface area contributed by atoms with Gasteiger partial charge in [-0.25, -0.2) is 9.48 Å². The standard InChI is InChI=1S/C7H10ClN3O2/c1-7(2,3)11-6(13)9-5(12)4(8)10-11/h1-3H3,(H,9,12,13). The Morgan fingerprint density at radius 3 is 2.38 bits per heavy atom. The van der Waals surface area contributed by atoms with Gasteiger partial charge in [0.05, 0.1) is 5.54 Å². The smallest absolute Gasteiger partial charge is 0.270 e. The second-order valence-corrected chi connectivity index (χ2v) is 3.99. The van der Waals surface area contributed by atoms with Crippen molar-refractivity contribution in [3.05, 3.63) is 26.0 Å². The van der Waals surface area contributed by atoms with Crippen LogP contribution in [0.4, 0.5) is 0 Å². The minimum Gasteiger partial charge on any atom is -0.270 e. The molecule has 13 heavy (non-hydrogen) atoms. The van der Waals surface area contributed by atoms with Crippen molar-refractivity contribution in [1.82, 2.24) is 14.8 Å². The molecule has 0 bridgehead atoms. The van der Waals surface area contributed by atoms with Crippen LogP contribution in [0.2, 0.25) is 5.15 Å². The van der Waals surface area contributed by atoms with Crippen molar-refractivity contribution in [3.8, 4) is 0 Å². The topological polar surface area (TPSA) is 67.8 Å². The normalized spacial score (nSPS) is 11.7. The molecular weight excluding hydrogens is 194 g/mol. The molecule has 0 radical (unpaired) electrons. The molecule has 1 N–H and O–H groups in total. The number of H-pyrrole nitrogens is 1. The molecular formula is C7H10ClN3O2. The van der Waals surface area contributed by atoms with Crippen LogP contribution in [0.15, 0.2) is 9.59 Å². The van der Waals surface area contributed by atoms with Crippen molar-refractivity contribution in [2.45, 2.75) is 26.3 Å². The van der Waals surface area contributed by atoms with E-state index in [4.69, 9.17) is 11.6 Å². The predicted molar refractivity (Wildman–Crippen MR) is 49.1 cm³/mol. The molecule has 1 heterocycles. The third-order valence-corrected chi connectivity index (χ3v) is 1.67. The predicted octanol–water partition coefficient (Wildman–Crippen LogP) is 0.340. The number of hydrogen-bond donors (Lipinski definition) is 1. The molecule has 1 aromatic heterocycles. The third-order valence-electron chi connectivity index (χ3n) is 1.42. The zero-order chi connectivity index (χ0) is 10.2. The van der Waals surface area contributed by atoms with Crippen molar-refractivity contribution >= 4 is 11.6 Å². The molecule has 0 aliphatic rings. The Labute approximate surface area is 79.4 Å². The summed E-state index contributed by atoms with van der Waals surface area (Å²) in [5.74, 6) is 0. The maximum Gasteiger partial charge on any atom is 0.345 e. The summed E-state index contributed by atoms with van der Waals surface area (Å²) in [6.07, 6.45) is 0. The van der Waals surface area contributed by atoms with Crippen LogP contribution < -0.4 is 11.2 Å². The zero-order valence-electron chi connectivity index (χ0n) is 7.59. The summed E-state index contributed by atoms with van der Waals surface area (Å²) < 4.78 is 1.14. The number of halogens is 1. The minimum absolute atomic E-state index is 0.227. The molecule has 0 spiro atoms. The molecule has 0 aliphatic carbocycles. The van der Waals surface area contributed by atoms with E-state index in [1.165, 1.54) is 0 Å². The fourth-order valence-electron chi connectivity index (χ4n) is 0.835. The van der Waals surface area contributed by atoms with Gasteiger partial charge in [-0.15, -0.1) is 0 Å². The Kier molecular flexibility index (Phi) is 2.30.